The van der Waals surface area contributed by atoms with E-state index in [-0.39, 0.29) is 24.6 Å². The molecule has 2 fully saturated rings. The van der Waals surface area contributed by atoms with Gasteiger partial charge in [-0.15, -0.1) is 0 Å². The van der Waals surface area contributed by atoms with E-state index < -0.39 is 0 Å². The minimum Gasteiger partial charge on any atom is -0.483 e. The lowest BCUT2D eigenvalue weighted by molar-refractivity contribution is -0.130. The standard InChI is InChI=1S/C20H29N3O3/c1-4-17(21-20(25)23-10-9-14-11-15(14)12-23)16-7-5-6-8-18(16)26-13-19(24)22(2)3/h5-8,14-15,17H,4,9-13H2,1-3H3,(H,21,25). The van der Waals surface area contributed by atoms with Gasteiger partial charge in [0.1, 0.15) is 5.75 Å². The van der Waals surface area contributed by atoms with Gasteiger partial charge in [-0.3, -0.25) is 4.79 Å². The molecule has 142 valence electrons. The third kappa shape index (κ3) is 4.29. The molecule has 3 amide bonds. The van der Waals surface area contributed by atoms with Gasteiger partial charge >= 0.3 is 6.03 Å². The maximum absolute atomic E-state index is 12.7. The van der Waals surface area contributed by atoms with Crippen molar-refractivity contribution in [1.29, 1.82) is 0 Å². The van der Waals surface area contributed by atoms with Crippen molar-refractivity contribution in [3.05, 3.63) is 29.8 Å². The number of nitrogens with zero attached hydrogens (tertiary/aromatic N) is 2. The number of nitrogens with one attached hydrogen (secondary N) is 1. The van der Waals surface area contributed by atoms with E-state index in [4.69, 9.17) is 4.74 Å². The molecule has 1 aromatic rings. The number of likely N-dealkylation sites (tertiary alicyclic amines) is 1. The maximum atomic E-state index is 12.7. The molecule has 1 aliphatic heterocycles. The normalized spacial score (nSPS) is 22.2. The Hall–Kier alpha value is -2.24. The number of amides is 3. The molecule has 1 saturated carbocycles. The van der Waals surface area contributed by atoms with Crippen LogP contribution in [0.5, 0.6) is 5.75 Å². The number of benzene rings is 1. The van der Waals surface area contributed by atoms with Gasteiger partial charge in [0.25, 0.3) is 5.91 Å². The number of para-hydroxylation sites is 1. The van der Waals surface area contributed by atoms with Crippen molar-refractivity contribution in [3.8, 4) is 5.75 Å². The molecular formula is C20H29N3O3. The maximum Gasteiger partial charge on any atom is 0.317 e. The van der Waals surface area contributed by atoms with E-state index in [0.717, 1.165) is 37.4 Å². The van der Waals surface area contributed by atoms with Gasteiger partial charge in [-0.1, -0.05) is 25.1 Å². The molecule has 1 heterocycles. The fourth-order valence-electron chi connectivity index (χ4n) is 3.58. The highest BCUT2D eigenvalue weighted by Gasteiger charge is 2.42. The summed E-state index contributed by atoms with van der Waals surface area (Å²) in [4.78, 5) is 27.9. The van der Waals surface area contributed by atoms with Crippen LogP contribution >= 0.6 is 0 Å². The smallest absolute Gasteiger partial charge is 0.317 e. The molecule has 3 rings (SSSR count). The van der Waals surface area contributed by atoms with Crippen LogP contribution in [0.15, 0.2) is 24.3 Å². The van der Waals surface area contributed by atoms with E-state index >= 15 is 0 Å². The zero-order valence-corrected chi connectivity index (χ0v) is 15.9. The molecule has 1 aliphatic carbocycles. The van der Waals surface area contributed by atoms with Crippen molar-refractivity contribution in [2.75, 3.05) is 33.8 Å². The highest BCUT2D eigenvalue weighted by atomic mass is 16.5. The lowest BCUT2D eigenvalue weighted by atomic mass is 10.0. The molecule has 1 aromatic carbocycles. The molecule has 3 atom stereocenters. The highest BCUT2D eigenvalue weighted by Crippen LogP contribution is 2.44. The Morgan fingerprint density at radius 1 is 1.31 bits per heavy atom. The van der Waals surface area contributed by atoms with E-state index in [1.54, 1.807) is 14.1 Å². The molecule has 0 bridgehead atoms. The number of hydrogen-bond acceptors (Lipinski definition) is 3. The van der Waals surface area contributed by atoms with Crippen molar-refractivity contribution in [2.24, 2.45) is 11.8 Å². The van der Waals surface area contributed by atoms with E-state index in [2.05, 4.69) is 5.32 Å². The average Bonchev–Trinajstić information content (AvgIpc) is 3.42. The second-order valence-electron chi connectivity index (χ2n) is 7.52. The predicted octanol–water partition coefficient (Wildman–Crippen LogP) is 2.66. The summed E-state index contributed by atoms with van der Waals surface area (Å²) in [5, 5.41) is 3.15. The summed E-state index contributed by atoms with van der Waals surface area (Å²) in [6.45, 7) is 3.75. The zero-order valence-electron chi connectivity index (χ0n) is 15.9. The summed E-state index contributed by atoms with van der Waals surface area (Å²) >= 11 is 0. The highest BCUT2D eigenvalue weighted by molar-refractivity contribution is 5.77. The first kappa shape index (κ1) is 18.5. The van der Waals surface area contributed by atoms with E-state index in [9.17, 15) is 9.59 Å². The molecule has 6 heteroatoms. The average molecular weight is 359 g/mol. The summed E-state index contributed by atoms with van der Waals surface area (Å²) in [6.07, 6.45) is 3.16. The third-order valence-corrected chi connectivity index (χ3v) is 5.43. The fourth-order valence-corrected chi connectivity index (χ4v) is 3.58. The molecule has 1 saturated heterocycles. The molecular weight excluding hydrogens is 330 g/mol. The summed E-state index contributed by atoms with van der Waals surface area (Å²) in [7, 11) is 3.41. The second-order valence-corrected chi connectivity index (χ2v) is 7.52. The van der Waals surface area contributed by atoms with E-state index in [1.807, 2.05) is 36.1 Å². The Bertz CT molecular complexity index is 661. The third-order valence-electron chi connectivity index (χ3n) is 5.43. The van der Waals surface area contributed by atoms with Crippen LogP contribution in [-0.4, -0.2) is 55.5 Å². The first-order chi connectivity index (χ1) is 12.5. The summed E-state index contributed by atoms with van der Waals surface area (Å²) in [6, 6.07) is 7.48. The van der Waals surface area contributed by atoms with Crippen molar-refractivity contribution < 1.29 is 14.3 Å². The largest absolute Gasteiger partial charge is 0.483 e. The monoisotopic (exact) mass is 359 g/mol. The van der Waals surface area contributed by atoms with Gasteiger partial charge in [0.05, 0.1) is 6.04 Å². The molecule has 0 radical (unpaired) electrons. The number of rotatable bonds is 6. The number of piperidine rings is 1. The van der Waals surface area contributed by atoms with Gasteiger partial charge in [0.2, 0.25) is 0 Å². The Labute approximate surface area is 155 Å². The summed E-state index contributed by atoms with van der Waals surface area (Å²) < 4.78 is 5.74. The van der Waals surface area contributed by atoms with Crippen molar-refractivity contribution in [2.45, 2.75) is 32.2 Å². The molecule has 0 aromatic heterocycles. The quantitative estimate of drug-likeness (QED) is 0.849. The van der Waals surface area contributed by atoms with E-state index in [0.29, 0.717) is 11.7 Å². The number of likely N-dealkylation sites (N-methyl/N-ethyl adjacent to an activating group) is 1. The number of carbonyl (C=O) groups excluding carboxylic acids is 2. The van der Waals surface area contributed by atoms with Crippen LogP contribution in [0.4, 0.5) is 4.79 Å². The Kier molecular flexibility index (Phi) is 5.69. The van der Waals surface area contributed by atoms with Crippen LogP contribution in [0.2, 0.25) is 0 Å². The van der Waals surface area contributed by atoms with E-state index in [1.165, 1.54) is 11.3 Å². The predicted molar refractivity (Wildman–Crippen MR) is 100.0 cm³/mol. The molecule has 0 spiro atoms. The fraction of sp³-hybridized carbons (Fsp3) is 0.600. The molecule has 1 N–H and O–H groups in total. The van der Waals surface area contributed by atoms with Crippen LogP contribution in [0, 0.1) is 11.8 Å². The minimum absolute atomic E-state index is 0.00127. The number of hydrogen-bond donors (Lipinski definition) is 1. The minimum atomic E-state index is -0.134. The van der Waals surface area contributed by atoms with Gasteiger partial charge in [0, 0.05) is 32.7 Å². The van der Waals surface area contributed by atoms with Crippen molar-refractivity contribution in [1.82, 2.24) is 15.1 Å². The van der Waals surface area contributed by atoms with Crippen molar-refractivity contribution in [3.63, 3.8) is 0 Å². The van der Waals surface area contributed by atoms with Gasteiger partial charge in [-0.25, -0.2) is 4.79 Å². The lowest BCUT2D eigenvalue weighted by Gasteiger charge is -2.29. The molecule has 26 heavy (non-hydrogen) atoms. The first-order valence-corrected chi connectivity index (χ1v) is 9.47. The van der Waals surface area contributed by atoms with Crippen molar-refractivity contribution >= 4 is 11.9 Å². The number of carbonyl (C=O) groups is 2. The topological polar surface area (TPSA) is 61.9 Å². The number of ether oxygens (including phenoxy) is 1. The Morgan fingerprint density at radius 2 is 2.08 bits per heavy atom. The Morgan fingerprint density at radius 3 is 2.77 bits per heavy atom. The van der Waals surface area contributed by atoms with Crippen LogP contribution in [0.1, 0.15) is 37.8 Å². The number of fused-ring (bicyclic) bond motifs is 1. The van der Waals surface area contributed by atoms with Crippen LogP contribution < -0.4 is 10.1 Å². The molecule has 2 aliphatic rings. The summed E-state index contributed by atoms with van der Waals surface area (Å²) in [5.74, 6) is 2.12. The van der Waals surface area contributed by atoms with Crippen LogP contribution in [0.3, 0.4) is 0 Å². The van der Waals surface area contributed by atoms with Crippen LogP contribution in [-0.2, 0) is 4.79 Å². The first-order valence-electron chi connectivity index (χ1n) is 9.47. The SMILES string of the molecule is CCC(NC(=O)N1CCC2CC2C1)c1ccccc1OCC(=O)N(C)C. The van der Waals surface area contributed by atoms with Crippen LogP contribution in [0.25, 0.3) is 0 Å². The molecule has 6 nitrogen and oxygen atoms in total. The summed E-state index contributed by atoms with van der Waals surface area (Å²) in [5.41, 5.74) is 0.913. The van der Waals surface area contributed by atoms with Gasteiger partial charge in [0.15, 0.2) is 6.61 Å². The second kappa shape index (κ2) is 7.98. The zero-order chi connectivity index (χ0) is 18.7. The lowest BCUT2D eigenvalue weighted by Crippen LogP contribution is -2.44. The van der Waals surface area contributed by atoms with Gasteiger partial charge in [-0.05, 0) is 37.2 Å². The molecule has 3 unspecified atom stereocenters. The van der Waals surface area contributed by atoms with Gasteiger partial charge in [-0.2, -0.15) is 0 Å². The van der Waals surface area contributed by atoms with Gasteiger partial charge < -0.3 is 19.9 Å². The number of urea groups is 1. The Balaban J connectivity index is 1.65.